The summed E-state index contributed by atoms with van der Waals surface area (Å²) in [6, 6.07) is 21.8. The number of benzene rings is 3. The number of carbonyl (C=O) groups excluding carboxylic acids is 2. The molecular weight excluding hydrogens is 462 g/mol. The van der Waals surface area contributed by atoms with Crippen molar-refractivity contribution in [1.29, 1.82) is 0 Å². The van der Waals surface area contributed by atoms with E-state index in [2.05, 4.69) is 34.6 Å². The van der Waals surface area contributed by atoms with E-state index >= 15 is 0 Å². The number of carbonyl (C=O) groups is 2. The molecule has 37 heavy (non-hydrogen) atoms. The molecule has 1 aliphatic heterocycles. The van der Waals surface area contributed by atoms with Gasteiger partial charge in [0.2, 0.25) is 0 Å². The average molecular weight is 498 g/mol. The van der Waals surface area contributed by atoms with Crippen molar-refractivity contribution in [2.45, 2.75) is 58.9 Å². The van der Waals surface area contributed by atoms with Crippen LogP contribution in [0.15, 0.2) is 78.4 Å². The Hall–Kier alpha value is -3.86. The van der Waals surface area contributed by atoms with E-state index in [0.29, 0.717) is 29.5 Å². The molecule has 1 unspecified atom stereocenters. The summed E-state index contributed by atoms with van der Waals surface area (Å²) in [5.74, 6) is -0.674. The first-order valence-electron chi connectivity index (χ1n) is 12.8. The van der Waals surface area contributed by atoms with E-state index in [1.807, 2.05) is 55.5 Å². The first-order valence-corrected chi connectivity index (χ1v) is 12.8. The van der Waals surface area contributed by atoms with Gasteiger partial charge >= 0.3 is 0 Å². The predicted molar refractivity (Wildman–Crippen MR) is 148 cm³/mol. The lowest BCUT2D eigenvalue weighted by molar-refractivity contribution is -0.132. The fraction of sp³-hybridized carbons (Fsp3) is 0.312. The second-order valence-corrected chi connectivity index (χ2v) is 10.7. The Morgan fingerprint density at radius 1 is 0.973 bits per heavy atom. The number of hydrogen-bond acceptors (Lipinski definition) is 4. The first-order chi connectivity index (χ1) is 17.5. The quantitative estimate of drug-likeness (QED) is 0.223. The summed E-state index contributed by atoms with van der Waals surface area (Å²) in [4.78, 5) is 28.4. The maximum atomic E-state index is 13.5. The van der Waals surface area contributed by atoms with Crippen molar-refractivity contribution in [3.63, 3.8) is 0 Å². The minimum atomic E-state index is -0.769. The molecule has 0 aliphatic carbocycles. The molecule has 1 amide bonds. The molecular formula is C32H35NO4. The summed E-state index contributed by atoms with van der Waals surface area (Å²) in [7, 11) is 0. The summed E-state index contributed by atoms with van der Waals surface area (Å²) in [5.41, 5.74) is 4.08. The predicted octanol–water partition coefficient (Wildman–Crippen LogP) is 7.13. The van der Waals surface area contributed by atoms with Crippen LogP contribution in [0.2, 0.25) is 0 Å². The van der Waals surface area contributed by atoms with Crippen molar-refractivity contribution in [1.82, 2.24) is 0 Å². The normalized spacial score (nSPS) is 17.5. The summed E-state index contributed by atoms with van der Waals surface area (Å²) >= 11 is 0. The van der Waals surface area contributed by atoms with Crippen LogP contribution in [-0.2, 0) is 15.0 Å². The SMILES string of the molecule is CCOc1cccc(/C(O)=C2/C(=O)C(=O)N(c3ccc(C(C)C)cc3)C2c2ccc(C(C)(C)C)cc2)c1. The second-order valence-electron chi connectivity index (χ2n) is 10.7. The Bertz CT molecular complexity index is 1330. The fourth-order valence-electron chi connectivity index (χ4n) is 4.65. The molecule has 0 saturated carbocycles. The highest BCUT2D eigenvalue weighted by atomic mass is 16.5. The van der Waals surface area contributed by atoms with Gasteiger partial charge in [0.05, 0.1) is 18.2 Å². The topological polar surface area (TPSA) is 66.8 Å². The van der Waals surface area contributed by atoms with Gasteiger partial charge in [-0.25, -0.2) is 0 Å². The zero-order chi connectivity index (χ0) is 26.9. The smallest absolute Gasteiger partial charge is 0.300 e. The molecule has 1 atom stereocenters. The Kier molecular flexibility index (Phi) is 7.26. The van der Waals surface area contributed by atoms with Gasteiger partial charge in [0.25, 0.3) is 11.7 Å². The summed E-state index contributed by atoms with van der Waals surface area (Å²) in [6.45, 7) is 13.0. The number of rotatable bonds is 6. The summed E-state index contributed by atoms with van der Waals surface area (Å²) < 4.78 is 5.59. The van der Waals surface area contributed by atoms with Crippen LogP contribution < -0.4 is 9.64 Å². The molecule has 5 nitrogen and oxygen atoms in total. The third kappa shape index (κ3) is 5.17. The van der Waals surface area contributed by atoms with Gasteiger partial charge < -0.3 is 9.84 Å². The van der Waals surface area contributed by atoms with Gasteiger partial charge in [-0.2, -0.15) is 0 Å². The van der Waals surface area contributed by atoms with Gasteiger partial charge in [-0.1, -0.05) is 83.1 Å². The maximum Gasteiger partial charge on any atom is 0.300 e. The molecule has 4 rings (SSSR count). The van der Waals surface area contributed by atoms with Crippen molar-refractivity contribution in [3.8, 4) is 5.75 Å². The molecule has 1 heterocycles. The van der Waals surface area contributed by atoms with E-state index in [1.54, 1.807) is 24.3 Å². The van der Waals surface area contributed by atoms with E-state index < -0.39 is 17.7 Å². The van der Waals surface area contributed by atoms with Gasteiger partial charge in [0.1, 0.15) is 11.5 Å². The van der Waals surface area contributed by atoms with E-state index in [-0.39, 0.29) is 16.7 Å². The number of Topliss-reactive ketones (excluding diaryl/α,β-unsaturated/α-hetero) is 1. The molecule has 192 valence electrons. The van der Waals surface area contributed by atoms with Crippen LogP contribution in [0, 0.1) is 0 Å². The maximum absolute atomic E-state index is 13.5. The average Bonchev–Trinajstić information content (AvgIpc) is 3.14. The van der Waals surface area contributed by atoms with Crippen LogP contribution in [-0.4, -0.2) is 23.4 Å². The molecule has 0 spiro atoms. The number of anilines is 1. The van der Waals surface area contributed by atoms with Crippen molar-refractivity contribution < 1.29 is 19.4 Å². The highest BCUT2D eigenvalue weighted by Gasteiger charge is 2.47. The molecule has 1 fully saturated rings. The minimum Gasteiger partial charge on any atom is -0.507 e. The van der Waals surface area contributed by atoms with Crippen molar-refractivity contribution in [3.05, 3.63) is 101 Å². The molecule has 0 aromatic heterocycles. The Morgan fingerprint density at radius 3 is 2.19 bits per heavy atom. The van der Waals surface area contributed by atoms with Crippen LogP contribution in [0.5, 0.6) is 5.75 Å². The van der Waals surface area contributed by atoms with Crippen LogP contribution in [0.1, 0.15) is 75.8 Å². The molecule has 1 N–H and O–H groups in total. The lowest BCUT2D eigenvalue weighted by Crippen LogP contribution is -2.29. The lowest BCUT2D eigenvalue weighted by atomic mass is 9.85. The standard InChI is InChI=1S/C32H35NO4/c1-7-37-26-10-8-9-23(19-26)29(34)27-28(22-11-15-24(16-12-22)32(4,5)6)33(31(36)30(27)35)25-17-13-21(14-18-25)20(2)3/h8-20,28,34H,7H2,1-6H3/b29-27-. The summed E-state index contributed by atoms with van der Waals surface area (Å²) in [6.07, 6.45) is 0. The van der Waals surface area contributed by atoms with Crippen LogP contribution in [0.3, 0.4) is 0 Å². The van der Waals surface area contributed by atoms with Crippen LogP contribution in [0.4, 0.5) is 5.69 Å². The molecule has 3 aromatic carbocycles. The fourth-order valence-corrected chi connectivity index (χ4v) is 4.65. The number of aliphatic hydroxyl groups excluding tert-OH is 1. The van der Waals surface area contributed by atoms with Crippen molar-refractivity contribution in [2.24, 2.45) is 0 Å². The number of ketones is 1. The van der Waals surface area contributed by atoms with E-state index in [0.717, 1.165) is 16.7 Å². The molecule has 0 radical (unpaired) electrons. The zero-order valence-electron chi connectivity index (χ0n) is 22.4. The molecule has 1 saturated heterocycles. The number of hydrogen-bond donors (Lipinski definition) is 1. The van der Waals surface area contributed by atoms with Crippen LogP contribution >= 0.6 is 0 Å². The van der Waals surface area contributed by atoms with Gasteiger partial charge in [-0.15, -0.1) is 0 Å². The van der Waals surface area contributed by atoms with Gasteiger partial charge in [0.15, 0.2) is 0 Å². The molecule has 0 bridgehead atoms. The highest BCUT2D eigenvalue weighted by Crippen LogP contribution is 2.43. The third-order valence-corrected chi connectivity index (χ3v) is 6.79. The van der Waals surface area contributed by atoms with Crippen molar-refractivity contribution in [2.75, 3.05) is 11.5 Å². The van der Waals surface area contributed by atoms with Gasteiger partial charge in [-0.3, -0.25) is 14.5 Å². The lowest BCUT2D eigenvalue weighted by Gasteiger charge is -2.27. The number of ether oxygens (including phenoxy) is 1. The Morgan fingerprint density at radius 2 is 1.62 bits per heavy atom. The highest BCUT2D eigenvalue weighted by molar-refractivity contribution is 6.51. The molecule has 3 aromatic rings. The number of aliphatic hydroxyl groups is 1. The largest absolute Gasteiger partial charge is 0.507 e. The third-order valence-electron chi connectivity index (χ3n) is 6.79. The van der Waals surface area contributed by atoms with Gasteiger partial charge in [-0.05, 0) is 59.2 Å². The van der Waals surface area contributed by atoms with E-state index in [9.17, 15) is 14.7 Å². The van der Waals surface area contributed by atoms with E-state index in [4.69, 9.17) is 4.74 Å². The Labute approximate surface area is 219 Å². The Balaban J connectivity index is 1.89. The molecule has 1 aliphatic rings. The minimum absolute atomic E-state index is 0.0489. The zero-order valence-corrected chi connectivity index (χ0v) is 22.4. The summed E-state index contributed by atoms with van der Waals surface area (Å²) in [5, 5.41) is 11.4. The van der Waals surface area contributed by atoms with Crippen molar-refractivity contribution >= 4 is 23.1 Å². The second kappa shape index (κ2) is 10.3. The monoisotopic (exact) mass is 497 g/mol. The number of nitrogens with zero attached hydrogens (tertiary/aromatic N) is 1. The first kappa shape index (κ1) is 26.2. The van der Waals surface area contributed by atoms with Gasteiger partial charge in [0, 0.05) is 11.3 Å². The van der Waals surface area contributed by atoms with E-state index in [1.165, 1.54) is 4.90 Å². The molecule has 5 heteroatoms. The van der Waals surface area contributed by atoms with Crippen LogP contribution in [0.25, 0.3) is 5.76 Å². The number of amides is 1.